The van der Waals surface area contributed by atoms with E-state index >= 15 is 0 Å². The summed E-state index contributed by atoms with van der Waals surface area (Å²) in [5.74, 6) is 0.730. The number of hydrogen-bond acceptors (Lipinski definition) is 4. The van der Waals surface area contributed by atoms with Gasteiger partial charge in [-0.15, -0.1) is 0 Å². The number of carbonyl (C=O) groups excluding carboxylic acids is 1. The van der Waals surface area contributed by atoms with E-state index in [0.29, 0.717) is 0 Å². The van der Waals surface area contributed by atoms with E-state index in [-0.39, 0.29) is 12.1 Å². The lowest BCUT2D eigenvalue weighted by Gasteiger charge is -2.21. The van der Waals surface area contributed by atoms with E-state index in [1.165, 1.54) is 10.8 Å². The summed E-state index contributed by atoms with van der Waals surface area (Å²) in [6, 6.07) is 16.9. The van der Waals surface area contributed by atoms with Crippen LogP contribution in [0.15, 0.2) is 54.7 Å². The molecule has 0 saturated carbocycles. The topological polar surface area (TPSA) is 61.4 Å². The van der Waals surface area contributed by atoms with Crippen LogP contribution >= 0.6 is 0 Å². The van der Waals surface area contributed by atoms with Gasteiger partial charge in [0, 0.05) is 44.0 Å². The lowest BCUT2D eigenvalue weighted by Crippen LogP contribution is -2.44. The SMILES string of the molecule is O=C(NC1CCN(c2nccc(-c3ccc4ccccc4c3)n2)C1)N1CCCC1. The van der Waals surface area contributed by atoms with Crippen LogP contribution in [0, 0.1) is 0 Å². The van der Waals surface area contributed by atoms with Crippen molar-refractivity contribution in [3.8, 4) is 11.3 Å². The molecule has 3 aromatic rings. The van der Waals surface area contributed by atoms with Crippen molar-refractivity contribution in [2.75, 3.05) is 31.1 Å². The number of carbonyl (C=O) groups is 1. The number of aromatic nitrogens is 2. The van der Waals surface area contributed by atoms with Gasteiger partial charge in [0.05, 0.1) is 5.69 Å². The molecular formula is C23H25N5O. The lowest BCUT2D eigenvalue weighted by molar-refractivity contribution is 0.205. The van der Waals surface area contributed by atoms with Crippen LogP contribution in [0.2, 0.25) is 0 Å². The van der Waals surface area contributed by atoms with Crippen molar-refractivity contribution < 1.29 is 4.79 Å². The highest BCUT2D eigenvalue weighted by Crippen LogP contribution is 2.25. The zero-order valence-electron chi connectivity index (χ0n) is 16.4. The highest BCUT2D eigenvalue weighted by Gasteiger charge is 2.28. The summed E-state index contributed by atoms with van der Waals surface area (Å²) in [5, 5.41) is 5.61. The van der Waals surface area contributed by atoms with Crippen LogP contribution in [-0.4, -0.2) is 53.1 Å². The van der Waals surface area contributed by atoms with Gasteiger partial charge in [-0.05, 0) is 42.2 Å². The van der Waals surface area contributed by atoms with Crippen molar-refractivity contribution in [3.63, 3.8) is 0 Å². The van der Waals surface area contributed by atoms with Crippen molar-refractivity contribution >= 4 is 22.8 Å². The Hall–Kier alpha value is -3.15. The maximum Gasteiger partial charge on any atom is 0.317 e. The molecule has 2 aliphatic rings. The molecule has 2 aliphatic heterocycles. The number of nitrogens with one attached hydrogen (secondary N) is 1. The van der Waals surface area contributed by atoms with Crippen molar-refractivity contribution in [1.82, 2.24) is 20.2 Å². The van der Waals surface area contributed by atoms with Crippen molar-refractivity contribution in [2.24, 2.45) is 0 Å². The number of amides is 2. The number of nitrogens with zero attached hydrogens (tertiary/aromatic N) is 4. The second kappa shape index (κ2) is 7.70. The molecule has 1 N–H and O–H groups in total. The fourth-order valence-electron chi connectivity index (χ4n) is 4.26. The maximum atomic E-state index is 12.4. The number of benzene rings is 2. The smallest absolute Gasteiger partial charge is 0.317 e. The highest BCUT2D eigenvalue weighted by molar-refractivity contribution is 5.86. The maximum absolute atomic E-state index is 12.4. The van der Waals surface area contributed by atoms with Crippen LogP contribution in [-0.2, 0) is 0 Å². The molecule has 2 aromatic carbocycles. The van der Waals surface area contributed by atoms with Gasteiger partial charge in [0.15, 0.2) is 0 Å². The fourth-order valence-corrected chi connectivity index (χ4v) is 4.26. The van der Waals surface area contributed by atoms with Crippen LogP contribution in [0.1, 0.15) is 19.3 Å². The van der Waals surface area contributed by atoms with E-state index in [1.54, 1.807) is 0 Å². The van der Waals surface area contributed by atoms with Gasteiger partial charge >= 0.3 is 6.03 Å². The Morgan fingerprint density at radius 1 is 1.00 bits per heavy atom. The predicted octanol–water partition coefficient (Wildman–Crippen LogP) is 3.68. The molecule has 148 valence electrons. The number of hydrogen-bond donors (Lipinski definition) is 1. The molecule has 0 aliphatic carbocycles. The predicted molar refractivity (Wildman–Crippen MR) is 115 cm³/mol. The third-order valence-corrected chi connectivity index (χ3v) is 5.88. The lowest BCUT2D eigenvalue weighted by atomic mass is 10.1. The zero-order chi connectivity index (χ0) is 19.6. The van der Waals surface area contributed by atoms with Crippen LogP contribution in [0.25, 0.3) is 22.0 Å². The Balaban J connectivity index is 1.30. The molecule has 0 radical (unpaired) electrons. The number of likely N-dealkylation sites (tertiary alicyclic amines) is 1. The third-order valence-electron chi connectivity index (χ3n) is 5.88. The van der Waals surface area contributed by atoms with Gasteiger partial charge in [-0.1, -0.05) is 36.4 Å². The quantitative estimate of drug-likeness (QED) is 0.745. The zero-order valence-corrected chi connectivity index (χ0v) is 16.4. The summed E-state index contributed by atoms with van der Waals surface area (Å²) < 4.78 is 0. The number of rotatable bonds is 3. The van der Waals surface area contributed by atoms with Crippen molar-refractivity contribution in [1.29, 1.82) is 0 Å². The molecule has 6 nitrogen and oxygen atoms in total. The molecule has 1 aromatic heterocycles. The molecule has 0 spiro atoms. The van der Waals surface area contributed by atoms with E-state index in [0.717, 1.165) is 62.6 Å². The van der Waals surface area contributed by atoms with Gasteiger partial charge in [0.2, 0.25) is 5.95 Å². The molecule has 2 saturated heterocycles. The summed E-state index contributed by atoms with van der Waals surface area (Å²) in [7, 11) is 0. The van der Waals surface area contributed by atoms with E-state index < -0.39 is 0 Å². The highest BCUT2D eigenvalue weighted by atomic mass is 16.2. The minimum Gasteiger partial charge on any atom is -0.339 e. The van der Waals surface area contributed by atoms with Gasteiger partial charge in [-0.3, -0.25) is 0 Å². The third kappa shape index (κ3) is 3.75. The number of anilines is 1. The second-order valence-corrected chi connectivity index (χ2v) is 7.88. The first-order valence-electron chi connectivity index (χ1n) is 10.4. The summed E-state index contributed by atoms with van der Waals surface area (Å²) in [5.41, 5.74) is 2.01. The van der Waals surface area contributed by atoms with Crippen LogP contribution in [0.5, 0.6) is 0 Å². The first-order valence-corrected chi connectivity index (χ1v) is 10.4. The average Bonchev–Trinajstić information content (AvgIpc) is 3.46. The van der Waals surface area contributed by atoms with Gasteiger partial charge in [-0.2, -0.15) is 0 Å². The van der Waals surface area contributed by atoms with E-state index in [9.17, 15) is 4.79 Å². The molecule has 5 rings (SSSR count). The summed E-state index contributed by atoms with van der Waals surface area (Å²) in [4.78, 5) is 25.7. The molecule has 1 unspecified atom stereocenters. The number of fused-ring (bicyclic) bond motifs is 1. The van der Waals surface area contributed by atoms with Crippen molar-refractivity contribution in [2.45, 2.75) is 25.3 Å². The Morgan fingerprint density at radius 2 is 1.83 bits per heavy atom. The monoisotopic (exact) mass is 387 g/mol. The normalized spacial score (nSPS) is 19.1. The van der Waals surface area contributed by atoms with Crippen LogP contribution in [0.4, 0.5) is 10.7 Å². The molecule has 2 fully saturated rings. The molecule has 3 heterocycles. The Morgan fingerprint density at radius 3 is 2.69 bits per heavy atom. The first-order chi connectivity index (χ1) is 14.3. The first kappa shape index (κ1) is 17.9. The largest absolute Gasteiger partial charge is 0.339 e. The molecule has 1 atom stereocenters. The molecule has 0 bridgehead atoms. The Kier molecular flexibility index (Phi) is 4.76. The van der Waals surface area contributed by atoms with Crippen LogP contribution in [0.3, 0.4) is 0 Å². The summed E-state index contributed by atoms with van der Waals surface area (Å²) in [6.07, 6.45) is 4.96. The van der Waals surface area contributed by atoms with E-state index in [1.807, 2.05) is 17.2 Å². The van der Waals surface area contributed by atoms with Gasteiger partial charge in [0.1, 0.15) is 0 Å². The second-order valence-electron chi connectivity index (χ2n) is 7.88. The summed E-state index contributed by atoms with van der Waals surface area (Å²) >= 11 is 0. The Labute approximate surface area is 170 Å². The van der Waals surface area contributed by atoms with Crippen molar-refractivity contribution in [3.05, 3.63) is 54.7 Å². The number of urea groups is 1. The van der Waals surface area contributed by atoms with E-state index in [4.69, 9.17) is 4.98 Å². The average molecular weight is 387 g/mol. The van der Waals surface area contributed by atoms with Gasteiger partial charge in [0.25, 0.3) is 0 Å². The standard InChI is InChI=1S/C23H25N5O/c29-23(27-12-3-4-13-27)25-20-10-14-28(16-20)22-24-11-9-21(26-22)19-8-7-17-5-1-2-6-18(17)15-19/h1-2,5-9,11,15,20H,3-4,10,12-14,16H2,(H,25,29). The van der Waals surface area contributed by atoms with Gasteiger partial charge < -0.3 is 15.1 Å². The minimum atomic E-state index is 0.0696. The Bertz CT molecular complexity index is 1030. The minimum absolute atomic E-state index is 0.0696. The molecule has 6 heteroatoms. The molecule has 2 amide bonds. The molecule has 29 heavy (non-hydrogen) atoms. The fraction of sp³-hybridized carbons (Fsp3) is 0.348. The van der Waals surface area contributed by atoms with Gasteiger partial charge in [-0.25, -0.2) is 14.8 Å². The molecular weight excluding hydrogens is 362 g/mol. The van der Waals surface area contributed by atoms with Crippen LogP contribution < -0.4 is 10.2 Å². The summed E-state index contributed by atoms with van der Waals surface area (Å²) in [6.45, 7) is 3.35. The van der Waals surface area contributed by atoms with E-state index in [2.05, 4.69) is 57.7 Å².